The largest absolute Gasteiger partial charge is 0.329 e. The molecule has 0 saturated carbocycles. The van der Waals surface area contributed by atoms with Crippen LogP contribution in [0.2, 0.25) is 0 Å². The van der Waals surface area contributed by atoms with Gasteiger partial charge in [0.25, 0.3) is 0 Å². The summed E-state index contributed by atoms with van der Waals surface area (Å²) in [6, 6.07) is 31.9. The number of nitrogens with zero attached hydrogens (tertiary/aromatic N) is 2. The average Bonchev–Trinajstić information content (AvgIpc) is 3.21. The van der Waals surface area contributed by atoms with E-state index < -0.39 is 0 Å². The standard InChI is InChI=1S/C28H21N3O/c1-18-25(27(32)20-11-3-2-4-12-20)26(22-15-9-13-19-10-5-6-14-21(19)22)31-24-17-8-7-16-23(24)30-28(31)29-18/h2-17,26H,1H3,(H,29,30)/t26-/m1/s1. The minimum atomic E-state index is -0.294. The number of nitrogens with one attached hydrogen (secondary N) is 1. The number of carbonyl (C=O) groups is 1. The van der Waals surface area contributed by atoms with Gasteiger partial charge in [0.05, 0.1) is 17.1 Å². The molecule has 0 fully saturated rings. The number of fused-ring (bicyclic) bond motifs is 4. The molecule has 1 aliphatic rings. The Labute approximate surface area is 185 Å². The van der Waals surface area contributed by atoms with Crippen LogP contribution in [0.5, 0.6) is 0 Å². The lowest BCUT2D eigenvalue weighted by molar-refractivity contribution is 0.102. The number of anilines is 1. The number of carbonyl (C=O) groups excluding carboxylic acids is 1. The van der Waals surface area contributed by atoms with E-state index >= 15 is 0 Å². The highest BCUT2D eigenvalue weighted by molar-refractivity contribution is 6.11. The Morgan fingerprint density at radius 3 is 2.44 bits per heavy atom. The van der Waals surface area contributed by atoms with Crippen LogP contribution in [0.15, 0.2) is 108 Å². The van der Waals surface area contributed by atoms with Crippen LogP contribution in [0.4, 0.5) is 5.95 Å². The molecule has 32 heavy (non-hydrogen) atoms. The van der Waals surface area contributed by atoms with E-state index in [9.17, 15) is 4.79 Å². The summed E-state index contributed by atoms with van der Waals surface area (Å²) in [4.78, 5) is 18.7. The van der Waals surface area contributed by atoms with Crippen molar-refractivity contribution < 1.29 is 4.79 Å². The Bertz CT molecular complexity index is 1520. The predicted molar refractivity (Wildman–Crippen MR) is 129 cm³/mol. The summed E-state index contributed by atoms with van der Waals surface area (Å²) < 4.78 is 2.17. The van der Waals surface area contributed by atoms with E-state index in [1.807, 2.05) is 61.5 Å². The van der Waals surface area contributed by atoms with Gasteiger partial charge in [-0.1, -0.05) is 84.9 Å². The van der Waals surface area contributed by atoms with Crippen LogP contribution in [0, 0.1) is 0 Å². The molecule has 4 aromatic carbocycles. The van der Waals surface area contributed by atoms with Crippen LogP contribution in [-0.4, -0.2) is 15.3 Å². The molecular formula is C28H21N3O. The van der Waals surface area contributed by atoms with E-state index in [0.717, 1.165) is 44.6 Å². The zero-order valence-electron chi connectivity index (χ0n) is 17.6. The van der Waals surface area contributed by atoms with E-state index in [1.165, 1.54) is 0 Å². The molecule has 154 valence electrons. The van der Waals surface area contributed by atoms with Crippen molar-refractivity contribution in [2.45, 2.75) is 13.0 Å². The highest BCUT2D eigenvalue weighted by atomic mass is 16.1. The number of para-hydroxylation sites is 2. The second-order valence-corrected chi connectivity index (χ2v) is 8.12. The number of imidazole rings is 1. The smallest absolute Gasteiger partial charge is 0.209 e. The monoisotopic (exact) mass is 415 g/mol. The van der Waals surface area contributed by atoms with E-state index in [0.29, 0.717) is 5.56 Å². The number of ketones is 1. The first-order valence-corrected chi connectivity index (χ1v) is 10.7. The highest BCUT2D eigenvalue weighted by Crippen LogP contribution is 2.42. The predicted octanol–water partition coefficient (Wildman–Crippen LogP) is 6.36. The lowest BCUT2D eigenvalue weighted by Gasteiger charge is -2.31. The highest BCUT2D eigenvalue weighted by Gasteiger charge is 2.35. The molecule has 1 aliphatic heterocycles. The number of allylic oxidation sites excluding steroid dienone is 2. The van der Waals surface area contributed by atoms with Gasteiger partial charge in [-0.15, -0.1) is 0 Å². The molecule has 0 unspecified atom stereocenters. The molecular weight excluding hydrogens is 394 g/mol. The summed E-state index contributed by atoms with van der Waals surface area (Å²) in [5.41, 5.74) is 5.25. The van der Waals surface area contributed by atoms with Gasteiger partial charge in [0.15, 0.2) is 5.78 Å². The van der Waals surface area contributed by atoms with Gasteiger partial charge in [-0.25, -0.2) is 4.98 Å². The second kappa shape index (κ2) is 7.20. The molecule has 0 bridgehead atoms. The van der Waals surface area contributed by atoms with E-state index in [1.54, 1.807) is 0 Å². The Morgan fingerprint density at radius 1 is 0.844 bits per heavy atom. The summed E-state index contributed by atoms with van der Waals surface area (Å²) in [7, 11) is 0. The minimum absolute atomic E-state index is 0.0250. The summed E-state index contributed by atoms with van der Waals surface area (Å²) in [6.45, 7) is 1.97. The molecule has 4 nitrogen and oxygen atoms in total. The van der Waals surface area contributed by atoms with Crippen molar-refractivity contribution in [3.8, 4) is 0 Å². The van der Waals surface area contributed by atoms with E-state index in [2.05, 4.69) is 52.3 Å². The molecule has 0 radical (unpaired) electrons. The number of aromatic nitrogens is 2. The third kappa shape index (κ3) is 2.77. The quantitative estimate of drug-likeness (QED) is 0.349. The number of benzene rings is 4. The Balaban J connectivity index is 1.67. The maximum atomic E-state index is 13.9. The number of hydrogen-bond donors (Lipinski definition) is 1. The molecule has 0 aliphatic carbocycles. The van der Waals surface area contributed by atoms with Crippen molar-refractivity contribution in [1.82, 2.24) is 9.55 Å². The molecule has 1 aromatic heterocycles. The normalized spacial score (nSPS) is 15.6. The van der Waals surface area contributed by atoms with Crippen LogP contribution >= 0.6 is 0 Å². The molecule has 0 saturated heterocycles. The maximum absolute atomic E-state index is 13.9. The van der Waals surface area contributed by atoms with Crippen molar-refractivity contribution >= 4 is 33.5 Å². The first-order valence-electron chi connectivity index (χ1n) is 10.7. The van der Waals surface area contributed by atoms with Gasteiger partial charge < -0.3 is 5.32 Å². The summed E-state index contributed by atoms with van der Waals surface area (Å²) in [6.07, 6.45) is 0. The van der Waals surface area contributed by atoms with Crippen molar-refractivity contribution in [1.29, 1.82) is 0 Å². The third-order valence-electron chi connectivity index (χ3n) is 6.23. The van der Waals surface area contributed by atoms with Gasteiger partial charge in [0.1, 0.15) is 0 Å². The van der Waals surface area contributed by atoms with Crippen LogP contribution in [0.1, 0.15) is 28.9 Å². The van der Waals surface area contributed by atoms with Crippen LogP contribution in [0.3, 0.4) is 0 Å². The lowest BCUT2D eigenvalue weighted by Crippen LogP contribution is -2.28. The molecule has 0 spiro atoms. The Kier molecular flexibility index (Phi) is 4.18. The zero-order chi connectivity index (χ0) is 21.7. The first-order chi connectivity index (χ1) is 15.7. The lowest BCUT2D eigenvalue weighted by atomic mass is 9.87. The van der Waals surface area contributed by atoms with Crippen molar-refractivity contribution in [2.75, 3.05) is 5.32 Å². The topological polar surface area (TPSA) is 46.9 Å². The van der Waals surface area contributed by atoms with Gasteiger partial charge in [-0.05, 0) is 35.4 Å². The molecule has 0 amide bonds. The van der Waals surface area contributed by atoms with Gasteiger partial charge in [-0.3, -0.25) is 9.36 Å². The molecule has 5 aromatic rings. The second-order valence-electron chi connectivity index (χ2n) is 8.12. The third-order valence-corrected chi connectivity index (χ3v) is 6.23. The van der Waals surface area contributed by atoms with Crippen molar-refractivity contribution in [3.05, 3.63) is 119 Å². The van der Waals surface area contributed by atoms with Crippen LogP contribution in [0.25, 0.3) is 21.8 Å². The molecule has 2 heterocycles. The summed E-state index contributed by atoms with van der Waals surface area (Å²) >= 11 is 0. The van der Waals surface area contributed by atoms with Gasteiger partial charge in [0, 0.05) is 16.8 Å². The molecule has 6 rings (SSSR count). The number of rotatable bonds is 3. The van der Waals surface area contributed by atoms with E-state index in [4.69, 9.17) is 4.98 Å². The molecule has 4 heteroatoms. The zero-order valence-corrected chi connectivity index (χ0v) is 17.6. The fourth-order valence-corrected chi connectivity index (χ4v) is 4.79. The fraction of sp³-hybridized carbons (Fsp3) is 0.0714. The van der Waals surface area contributed by atoms with Gasteiger partial charge in [-0.2, -0.15) is 0 Å². The number of Topliss-reactive ketones (excluding diaryl/α,β-unsaturated/α-hetero) is 1. The summed E-state index contributed by atoms with van der Waals surface area (Å²) in [5.74, 6) is 0.781. The SMILES string of the molecule is CC1=C(C(=O)c2ccccc2)[C@@H](c2cccc3ccccc23)n2c(nc3ccccc32)N1. The minimum Gasteiger partial charge on any atom is -0.329 e. The molecule has 1 atom stereocenters. The van der Waals surface area contributed by atoms with E-state index in [-0.39, 0.29) is 11.8 Å². The fourth-order valence-electron chi connectivity index (χ4n) is 4.79. The first kappa shape index (κ1) is 18.6. The number of hydrogen-bond acceptors (Lipinski definition) is 3. The van der Waals surface area contributed by atoms with Gasteiger partial charge in [0.2, 0.25) is 5.95 Å². The molecule has 1 N–H and O–H groups in total. The average molecular weight is 415 g/mol. The Hall–Kier alpha value is -4.18. The van der Waals surface area contributed by atoms with Crippen molar-refractivity contribution in [3.63, 3.8) is 0 Å². The van der Waals surface area contributed by atoms with Crippen LogP contribution in [-0.2, 0) is 0 Å². The Morgan fingerprint density at radius 2 is 1.56 bits per heavy atom. The van der Waals surface area contributed by atoms with Gasteiger partial charge >= 0.3 is 0 Å². The van der Waals surface area contributed by atoms with Crippen LogP contribution < -0.4 is 5.32 Å². The maximum Gasteiger partial charge on any atom is 0.209 e. The summed E-state index contributed by atoms with van der Waals surface area (Å²) in [5, 5.41) is 5.70. The van der Waals surface area contributed by atoms with Crippen molar-refractivity contribution in [2.24, 2.45) is 0 Å².